The molecule has 3 N–H and O–H groups in total. The van der Waals surface area contributed by atoms with Crippen molar-refractivity contribution in [3.05, 3.63) is 47.0 Å². The number of rotatable bonds is 0. The van der Waals surface area contributed by atoms with Crippen molar-refractivity contribution in [3.8, 4) is 23.1 Å². The number of anilines is 1. The van der Waals surface area contributed by atoms with E-state index in [0.717, 1.165) is 0 Å². The van der Waals surface area contributed by atoms with Gasteiger partial charge in [-0.05, 0) is 25.1 Å². The highest BCUT2D eigenvalue weighted by Crippen LogP contribution is 2.35. The number of nitrogens with zero attached hydrogens (tertiary/aromatic N) is 5. The van der Waals surface area contributed by atoms with E-state index < -0.39 is 21.7 Å². The van der Waals surface area contributed by atoms with Gasteiger partial charge in [0.05, 0.1) is 25.9 Å². The highest BCUT2D eigenvalue weighted by Gasteiger charge is 2.26. The number of ether oxygens (including phenoxy) is 1. The zero-order valence-corrected chi connectivity index (χ0v) is 17.0. The monoisotopic (exact) mass is 427 g/mol. The molecule has 2 atom stereocenters. The molecule has 11 heteroatoms. The minimum Gasteiger partial charge on any atom is -0.482 e. The minimum absolute atomic E-state index is 0.0103. The summed E-state index contributed by atoms with van der Waals surface area (Å²) in [5.41, 5.74) is 7.68. The molecular weight excluding hydrogens is 409 g/mol. The van der Waals surface area contributed by atoms with Crippen LogP contribution in [0.2, 0.25) is 0 Å². The minimum atomic E-state index is -3.31. The first-order valence-electron chi connectivity index (χ1n) is 9.03. The summed E-state index contributed by atoms with van der Waals surface area (Å²) in [4.78, 5) is 0.191. The van der Waals surface area contributed by atoms with Crippen molar-refractivity contribution >= 4 is 15.5 Å². The Balaban J connectivity index is 1.99. The highest BCUT2D eigenvalue weighted by atomic mass is 32.2. The Bertz CT molecular complexity index is 1310. The van der Waals surface area contributed by atoms with Gasteiger partial charge in [0.25, 0.3) is 0 Å². The van der Waals surface area contributed by atoms with Gasteiger partial charge in [-0.15, -0.1) is 10.2 Å². The first-order chi connectivity index (χ1) is 14.2. The number of benzene rings is 1. The summed E-state index contributed by atoms with van der Waals surface area (Å²) in [5.74, 6) is -0.407. The van der Waals surface area contributed by atoms with Crippen LogP contribution in [0.3, 0.4) is 0 Å². The molecule has 1 aromatic carbocycles. The Hall–Kier alpha value is -3.52. The number of nitrogens with two attached hydrogens (primary N) is 1. The number of nitriles is 1. The van der Waals surface area contributed by atoms with Crippen LogP contribution in [-0.4, -0.2) is 29.9 Å². The number of nitrogen functional groups attached to an aromatic ring is 1. The van der Waals surface area contributed by atoms with E-state index in [1.807, 2.05) is 0 Å². The molecular formula is C19H18FN7O2S. The van der Waals surface area contributed by atoms with E-state index in [2.05, 4.69) is 21.4 Å². The second-order valence-corrected chi connectivity index (χ2v) is 9.15. The zero-order chi connectivity index (χ0) is 21.6. The van der Waals surface area contributed by atoms with E-state index in [1.54, 1.807) is 20.0 Å². The van der Waals surface area contributed by atoms with Gasteiger partial charge in [-0.2, -0.15) is 10.4 Å². The maximum Gasteiger partial charge on any atom is 0.188 e. The lowest BCUT2D eigenvalue weighted by Crippen LogP contribution is -2.16. The third-order valence-electron chi connectivity index (χ3n) is 4.96. The van der Waals surface area contributed by atoms with E-state index >= 15 is 0 Å². The lowest BCUT2D eigenvalue weighted by atomic mass is 10.1. The second-order valence-electron chi connectivity index (χ2n) is 6.96. The van der Waals surface area contributed by atoms with Crippen LogP contribution in [-0.2, 0) is 23.2 Å². The first kappa shape index (κ1) is 19.8. The molecule has 1 aliphatic rings. The molecule has 30 heavy (non-hydrogen) atoms. The summed E-state index contributed by atoms with van der Waals surface area (Å²) in [5, 5.41) is 22.0. The van der Waals surface area contributed by atoms with Crippen LogP contribution in [0.25, 0.3) is 11.3 Å². The molecule has 0 saturated heterocycles. The fourth-order valence-corrected chi connectivity index (χ4v) is 5.09. The van der Waals surface area contributed by atoms with Gasteiger partial charge in [0.15, 0.2) is 11.6 Å². The van der Waals surface area contributed by atoms with E-state index in [-0.39, 0.29) is 34.3 Å². The largest absolute Gasteiger partial charge is 0.482 e. The molecule has 0 aliphatic carbocycles. The topological polar surface area (TPSA) is 144 Å². The Labute approximate surface area is 172 Å². The maximum absolute atomic E-state index is 14.0. The van der Waals surface area contributed by atoms with E-state index in [1.165, 1.54) is 22.9 Å². The van der Waals surface area contributed by atoms with Crippen molar-refractivity contribution in [1.82, 2.24) is 20.0 Å². The summed E-state index contributed by atoms with van der Waals surface area (Å²) in [6.07, 6.45) is -0.606. The number of halogens is 1. The van der Waals surface area contributed by atoms with E-state index in [9.17, 15) is 13.9 Å². The molecule has 3 heterocycles. The number of aryl methyl sites for hydroxylation is 2. The molecule has 2 aromatic heterocycles. The van der Waals surface area contributed by atoms with Crippen LogP contribution in [0.15, 0.2) is 29.2 Å². The van der Waals surface area contributed by atoms with Crippen LogP contribution < -0.4 is 10.5 Å². The van der Waals surface area contributed by atoms with Crippen LogP contribution in [0.1, 0.15) is 30.0 Å². The molecule has 0 radical (unpaired) electrons. The summed E-state index contributed by atoms with van der Waals surface area (Å²) in [6.45, 7) is 1.65. The van der Waals surface area contributed by atoms with Crippen molar-refractivity contribution in [2.45, 2.75) is 24.3 Å². The predicted octanol–water partition coefficient (Wildman–Crippen LogP) is 2.57. The van der Waals surface area contributed by atoms with Crippen molar-refractivity contribution in [2.75, 3.05) is 11.5 Å². The van der Waals surface area contributed by atoms with Crippen molar-refractivity contribution in [2.24, 2.45) is 7.05 Å². The normalized spacial score (nSPS) is 20.7. The molecule has 1 unspecified atom stereocenters. The molecule has 1 aliphatic heterocycles. The Morgan fingerprint density at radius 3 is 2.90 bits per heavy atom. The van der Waals surface area contributed by atoms with Gasteiger partial charge in [-0.25, -0.2) is 13.4 Å². The molecule has 154 valence electrons. The quantitative estimate of drug-likeness (QED) is 0.561. The third-order valence-corrected chi connectivity index (χ3v) is 6.82. The Morgan fingerprint density at radius 1 is 1.40 bits per heavy atom. The molecule has 3 aromatic rings. The summed E-state index contributed by atoms with van der Waals surface area (Å²) >= 11 is 0. The maximum atomic E-state index is 14.0. The van der Waals surface area contributed by atoms with Gasteiger partial charge in [-0.1, -0.05) is 0 Å². The lowest BCUT2D eigenvalue weighted by molar-refractivity contribution is 0.223. The van der Waals surface area contributed by atoms with Gasteiger partial charge in [0, 0.05) is 30.9 Å². The summed E-state index contributed by atoms with van der Waals surface area (Å²) in [7, 11) is -1.69. The van der Waals surface area contributed by atoms with E-state index in [4.69, 9.17) is 15.3 Å². The summed E-state index contributed by atoms with van der Waals surface area (Å²) in [6, 6.07) is 7.38. The molecule has 4 rings (SSSR count). The Kier molecular flexibility index (Phi) is 4.66. The molecule has 2 bridgehead atoms. The smallest absolute Gasteiger partial charge is 0.188 e. The molecule has 9 nitrogen and oxygen atoms in total. The van der Waals surface area contributed by atoms with Gasteiger partial charge in [0.1, 0.15) is 29.4 Å². The molecule has 0 amide bonds. The standard InChI is InChI=1S/C19H18FN7O2S/c1-10-12-7-11(20)3-4-17(12)30(23,28)6-5-13-18(15(9-21)27(2)26-13)14-8-16(29-10)19(22)25-24-14/h3-4,7-8,10,23H,5-6H2,1-2H3,(H2,22,25)/t10-,30?/m1/s1. The fraction of sp³-hybridized carbons (Fsp3) is 0.263. The van der Waals surface area contributed by atoms with Crippen molar-refractivity contribution < 1.29 is 13.3 Å². The van der Waals surface area contributed by atoms with E-state index in [0.29, 0.717) is 22.5 Å². The van der Waals surface area contributed by atoms with Gasteiger partial charge >= 0.3 is 0 Å². The SMILES string of the molecule is C[C@H]1Oc2cc(nnc2N)-c2c(nn(C)c2C#N)CCS(=N)(=O)c2ccc(F)cc21. The first-order valence-corrected chi connectivity index (χ1v) is 10.8. The summed E-state index contributed by atoms with van der Waals surface area (Å²) < 4.78 is 43.1. The number of nitrogens with one attached hydrogen (secondary N) is 1. The predicted molar refractivity (Wildman–Crippen MR) is 107 cm³/mol. The fourth-order valence-electron chi connectivity index (χ4n) is 3.49. The Morgan fingerprint density at radius 2 is 2.17 bits per heavy atom. The number of hydrogen-bond donors (Lipinski definition) is 2. The second kappa shape index (κ2) is 7.07. The number of aromatic nitrogens is 4. The van der Waals surface area contributed by atoms with Crippen LogP contribution in [0, 0.1) is 21.9 Å². The van der Waals surface area contributed by atoms with Gasteiger partial charge in [0.2, 0.25) is 0 Å². The zero-order valence-electron chi connectivity index (χ0n) is 16.2. The van der Waals surface area contributed by atoms with Crippen LogP contribution in [0.5, 0.6) is 5.75 Å². The average Bonchev–Trinajstić information content (AvgIpc) is 3.02. The average molecular weight is 427 g/mol. The number of hydrogen-bond acceptors (Lipinski definition) is 8. The highest BCUT2D eigenvalue weighted by molar-refractivity contribution is 7.92. The van der Waals surface area contributed by atoms with Crippen molar-refractivity contribution in [3.63, 3.8) is 0 Å². The van der Waals surface area contributed by atoms with Crippen LogP contribution >= 0.6 is 0 Å². The third kappa shape index (κ3) is 3.25. The number of fused-ring (bicyclic) bond motifs is 5. The van der Waals surface area contributed by atoms with Gasteiger partial charge < -0.3 is 10.5 Å². The van der Waals surface area contributed by atoms with Crippen LogP contribution in [0.4, 0.5) is 10.2 Å². The molecule has 0 saturated carbocycles. The van der Waals surface area contributed by atoms with Crippen molar-refractivity contribution in [1.29, 1.82) is 10.0 Å². The molecule has 0 spiro atoms. The lowest BCUT2D eigenvalue weighted by Gasteiger charge is -2.21. The van der Waals surface area contributed by atoms with Gasteiger partial charge in [-0.3, -0.25) is 4.68 Å². The molecule has 0 fully saturated rings.